The van der Waals surface area contributed by atoms with Gasteiger partial charge in [-0.1, -0.05) is 13.8 Å². The molecule has 1 aromatic rings. The van der Waals surface area contributed by atoms with Crippen LogP contribution in [0.3, 0.4) is 0 Å². The van der Waals surface area contributed by atoms with Crippen LogP contribution in [0.1, 0.15) is 38.2 Å². The molecule has 0 aromatic carbocycles. The fourth-order valence-corrected chi connectivity index (χ4v) is 2.72. The number of rotatable bonds is 2. The summed E-state index contributed by atoms with van der Waals surface area (Å²) in [5.41, 5.74) is 1.20. The van der Waals surface area contributed by atoms with Crippen LogP contribution in [-0.4, -0.2) is 35.3 Å². The summed E-state index contributed by atoms with van der Waals surface area (Å²) in [6.45, 7) is 5.98. The molecule has 2 unspecified atom stereocenters. The van der Waals surface area contributed by atoms with Crippen molar-refractivity contribution < 1.29 is 4.74 Å². The summed E-state index contributed by atoms with van der Waals surface area (Å²) in [6.07, 6.45) is 6.34. The van der Waals surface area contributed by atoms with Crippen LogP contribution in [0.25, 0.3) is 0 Å². The maximum absolute atomic E-state index is 5.57. The zero-order valence-electron chi connectivity index (χ0n) is 10.5. The third kappa shape index (κ3) is 1.90. The van der Waals surface area contributed by atoms with Gasteiger partial charge in [0, 0.05) is 12.4 Å². The number of hydrogen-bond donors (Lipinski definition) is 0. The Balaban J connectivity index is 1.84. The fourth-order valence-electron chi connectivity index (χ4n) is 2.72. The largest absolute Gasteiger partial charge is 0.377 e. The van der Waals surface area contributed by atoms with E-state index < -0.39 is 0 Å². The molecular weight excluding hydrogens is 214 g/mol. The summed E-state index contributed by atoms with van der Waals surface area (Å²) < 4.78 is 5.57. The highest BCUT2D eigenvalue weighted by molar-refractivity contribution is 5.37. The van der Waals surface area contributed by atoms with Crippen LogP contribution in [0.4, 0.5) is 5.95 Å². The summed E-state index contributed by atoms with van der Waals surface area (Å²) in [4.78, 5) is 11.4. The normalized spacial score (nSPS) is 27.8. The van der Waals surface area contributed by atoms with Crippen molar-refractivity contribution in [2.45, 2.75) is 44.7 Å². The van der Waals surface area contributed by atoms with Gasteiger partial charge in [0.1, 0.15) is 0 Å². The fraction of sp³-hybridized carbons (Fsp3) is 0.692. The van der Waals surface area contributed by atoms with Crippen LogP contribution in [0.15, 0.2) is 12.4 Å². The van der Waals surface area contributed by atoms with E-state index in [9.17, 15) is 0 Å². The molecule has 2 fully saturated rings. The molecule has 2 bridgehead atoms. The Morgan fingerprint density at radius 2 is 1.76 bits per heavy atom. The Labute approximate surface area is 102 Å². The zero-order valence-corrected chi connectivity index (χ0v) is 10.5. The number of fused-ring (bicyclic) bond motifs is 2. The Bertz CT molecular complexity index is 374. The maximum atomic E-state index is 5.57. The molecule has 2 aliphatic heterocycles. The Morgan fingerprint density at radius 3 is 2.29 bits per heavy atom. The molecule has 92 valence electrons. The van der Waals surface area contributed by atoms with Gasteiger partial charge in [-0.3, -0.25) is 0 Å². The first-order valence-corrected chi connectivity index (χ1v) is 6.43. The van der Waals surface area contributed by atoms with Crippen LogP contribution in [0.5, 0.6) is 0 Å². The van der Waals surface area contributed by atoms with E-state index in [-0.39, 0.29) is 0 Å². The summed E-state index contributed by atoms with van der Waals surface area (Å²) in [5.74, 6) is 1.37. The molecule has 2 atom stereocenters. The lowest BCUT2D eigenvalue weighted by molar-refractivity contribution is 0.0897. The molecule has 3 rings (SSSR count). The van der Waals surface area contributed by atoms with Crippen LogP contribution >= 0.6 is 0 Å². The lowest BCUT2D eigenvalue weighted by Crippen LogP contribution is -2.46. The van der Waals surface area contributed by atoms with Gasteiger partial charge in [0.15, 0.2) is 0 Å². The minimum absolute atomic E-state index is 0.485. The number of anilines is 1. The molecule has 3 heterocycles. The summed E-state index contributed by atoms with van der Waals surface area (Å²) in [6, 6.07) is 0.970. The quantitative estimate of drug-likeness (QED) is 0.782. The maximum Gasteiger partial charge on any atom is 0.225 e. The van der Waals surface area contributed by atoms with E-state index in [1.807, 2.05) is 12.4 Å². The smallest absolute Gasteiger partial charge is 0.225 e. The molecule has 2 aliphatic rings. The van der Waals surface area contributed by atoms with E-state index in [2.05, 4.69) is 28.7 Å². The molecule has 0 aliphatic carbocycles. The van der Waals surface area contributed by atoms with Crippen molar-refractivity contribution in [1.82, 2.24) is 9.97 Å². The van der Waals surface area contributed by atoms with Gasteiger partial charge in [-0.05, 0) is 24.3 Å². The minimum atomic E-state index is 0.485. The molecule has 4 heteroatoms. The van der Waals surface area contributed by atoms with Gasteiger partial charge in [0.2, 0.25) is 5.95 Å². The molecule has 0 saturated carbocycles. The third-order valence-corrected chi connectivity index (χ3v) is 3.80. The van der Waals surface area contributed by atoms with E-state index in [0.717, 1.165) is 19.2 Å². The summed E-state index contributed by atoms with van der Waals surface area (Å²) in [7, 11) is 0. The van der Waals surface area contributed by atoms with Gasteiger partial charge in [-0.2, -0.15) is 0 Å². The first kappa shape index (κ1) is 11.0. The predicted molar refractivity (Wildman–Crippen MR) is 66.2 cm³/mol. The van der Waals surface area contributed by atoms with E-state index in [0.29, 0.717) is 18.0 Å². The predicted octanol–water partition coefficient (Wildman–Crippen LogP) is 1.97. The summed E-state index contributed by atoms with van der Waals surface area (Å²) in [5, 5.41) is 0. The van der Waals surface area contributed by atoms with Crippen molar-refractivity contribution in [2.75, 3.05) is 18.1 Å². The molecule has 0 radical (unpaired) electrons. The molecule has 1 aromatic heterocycles. The third-order valence-electron chi connectivity index (χ3n) is 3.80. The second-order valence-electron chi connectivity index (χ2n) is 5.30. The average molecular weight is 233 g/mol. The second-order valence-corrected chi connectivity index (χ2v) is 5.30. The summed E-state index contributed by atoms with van der Waals surface area (Å²) >= 11 is 0. The van der Waals surface area contributed by atoms with Gasteiger partial charge < -0.3 is 9.64 Å². The lowest BCUT2D eigenvalue weighted by atomic mass is 10.1. The van der Waals surface area contributed by atoms with Gasteiger partial charge >= 0.3 is 0 Å². The van der Waals surface area contributed by atoms with E-state index in [4.69, 9.17) is 4.74 Å². The highest BCUT2D eigenvalue weighted by Gasteiger charge is 2.38. The standard InChI is InChI=1S/C13H19N3O/c1-9(2)10-5-14-13(15-6-10)16-11-3-4-12(16)8-17-7-11/h5-6,9,11-12H,3-4,7-8H2,1-2H3. The van der Waals surface area contributed by atoms with Crippen molar-refractivity contribution >= 4 is 5.95 Å². The van der Waals surface area contributed by atoms with Crippen molar-refractivity contribution in [2.24, 2.45) is 0 Å². The molecule has 0 spiro atoms. The highest BCUT2D eigenvalue weighted by atomic mass is 16.5. The SMILES string of the molecule is CC(C)c1cnc(N2C3CCC2COC3)nc1. The number of ether oxygens (including phenoxy) is 1. The van der Waals surface area contributed by atoms with Gasteiger partial charge in [-0.15, -0.1) is 0 Å². The Morgan fingerprint density at radius 1 is 1.18 bits per heavy atom. The van der Waals surface area contributed by atoms with Crippen molar-refractivity contribution in [3.8, 4) is 0 Å². The van der Waals surface area contributed by atoms with Crippen molar-refractivity contribution in [3.63, 3.8) is 0 Å². The van der Waals surface area contributed by atoms with Gasteiger partial charge in [-0.25, -0.2) is 9.97 Å². The van der Waals surface area contributed by atoms with Gasteiger partial charge in [0.25, 0.3) is 0 Å². The van der Waals surface area contributed by atoms with Crippen LogP contribution < -0.4 is 4.90 Å². The number of morpholine rings is 1. The monoisotopic (exact) mass is 233 g/mol. The topological polar surface area (TPSA) is 38.2 Å². The van der Waals surface area contributed by atoms with Crippen molar-refractivity contribution in [1.29, 1.82) is 0 Å². The highest BCUT2D eigenvalue weighted by Crippen LogP contribution is 2.31. The van der Waals surface area contributed by atoms with E-state index >= 15 is 0 Å². The van der Waals surface area contributed by atoms with Crippen LogP contribution in [-0.2, 0) is 4.74 Å². The van der Waals surface area contributed by atoms with Crippen LogP contribution in [0.2, 0.25) is 0 Å². The lowest BCUT2D eigenvalue weighted by Gasteiger charge is -2.34. The van der Waals surface area contributed by atoms with E-state index in [1.165, 1.54) is 18.4 Å². The molecule has 0 N–H and O–H groups in total. The first-order chi connectivity index (χ1) is 8.25. The van der Waals surface area contributed by atoms with Gasteiger partial charge in [0.05, 0.1) is 25.3 Å². The second kappa shape index (κ2) is 4.26. The van der Waals surface area contributed by atoms with E-state index in [1.54, 1.807) is 0 Å². The minimum Gasteiger partial charge on any atom is -0.377 e. The number of nitrogens with zero attached hydrogens (tertiary/aromatic N) is 3. The van der Waals surface area contributed by atoms with Crippen molar-refractivity contribution in [3.05, 3.63) is 18.0 Å². The molecule has 2 saturated heterocycles. The number of hydrogen-bond acceptors (Lipinski definition) is 4. The number of aromatic nitrogens is 2. The molecule has 0 amide bonds. The molecule has 17 heavy (non-hydrogen) atoms. The Kier molecular flexibility index (Phi) is 2.74. The molecular formula is C13H19N3O. The average Bonchev–Trinajstić information content (AvgIpc) is 2.59. The van der Waals surface area contributed by atoms with Crippen LogP contribution in [0, 0.1) is 0 Å². The zero-order chi connectivity index (χ0) is 11.8. The first-order valence-electron chi connectivity index (χ1n) is 6.43. The Hall–Kier alpha value is -1.16. The molecule has 4 nitrogen and oxygen atoms in total.